The number of benzene rings is 2. The van der Waals surface area contributed by atoms with Gasteiger partial charge in [0.05, 0.1) is 11.4 Å². The molecule has 10 heteroatoms. The molecule has 0 fully saturated rings. The first-order valence-electron chi connectivity index (χ1n) is 13.1. The Morgan fingerprint density at radius 1 is 1.10 bits per heavy atom. The van der Waals surface area contributed by atoms with Gasteiger partial charge in [-0.25, -0.2) is 4.39 Å². The highest BCUT2D eigenvalue weighted by Crippen LogP contribution is 2.27. The predicted octanol–water partition coefficient (Wildman–Crippen LogP) is 5.55. The Hall–Kier alpha value is -3.24. The SMILES string of the molecule is C=C.C=Cc1ccc(Cl)c(F)c1.CC.CC.CNCC1Cc2ccc(CN(C)C(=N)N)cc2C1.CNN.N=CN. The molecule has 0 heterocycles. The number of rotatable bonds is 5. The molecule has 0 bridgehead atoms. The van der Waals surface area contributed by atoms with Crippen LogP contribution in [0, 0.1) is 22.6 Å². The largest absolute Gasteiger partial charge is 0.390 e. The van der Waals surface area contributed by atoms with E-state index in [2.05, 4.69) is 60.3 Å². The number of nitrogens with zero attached hydrogens (tertiary/aromatic N) is 1. The van der Waals surface area contributed by atoms with E-state index in [9.17, 15) is 4.39 Å². The zero-order chi connectivity index (χ0) is 32.1. The van der Waals surface area contributed by atoms with Crippen molar-refractivity contribution in [3.8, 4) is 0 Å². The highest BCUT2D eigenvalue weighted by atomic mass is 35.5. The Bertz CT molecular complexity index is 925. The summed E-state index contributed by atoms with van der Waals surface area (Å²) in [6, 6.07) is 11.2. The van der Waals surface area contributed by atoms with E-state index in [0.29, 0.717) is 6.54 Å². The van der Waals surface area contributed by atoms with Crippen LogP contribution in [0.2, 0.25) is 5.02 Å². The lowest BCUT2D eigenvalue weighted by molar-refractivity contribution is 0.491. The molecule has 1 aliphatic rings. The maximum atomic E-state index is 12.6. The van der Waals surface area contributed by atoms with Crippen molar-refractivity contribution in [3.05, 3.63) is 89.2 Å². The molecule has 2 aromatic rings. The first-order chi connectivity index (χ1) is 19.2. The van der Waals surface area contributed by atoms with Crippen molar-refractivity contribution in [2.24, 2.45) is 23.2 Å². The zero-order valence-corrected chi connectivity index (χ0v) is 26.3. The second-order valence-corrected chi connectivity index (χ2v) is 7.92. The van der Waals surface area contributed by atoms with Crippen LogP contribution in [0.15, 0.2) is 56.1 Å². The van der Waals surface area contributed by atoms with E-state index < -0.39 is 5.82 Å². The fourth-order valence-corrected chi connectivity index (χ4v) is 3.41. The third-order valence-corrected chi connectivity index (χ3v) is 5.10. The summed E-state index contributed by atoms with van der Waals surface area (Å²) in [7, 11) is 5.51. The monoisotopic (exact) mass is 580 g/mol. The minimum absolute atomic E-state index is 0.114. The normalized spacial score (nSPS) is 11.4. The van der Waals surface area contributed by atoms with E-state index in [-0.39, 0.29) is 11.0 Å². The van der Waals surface area contributed by atoms with Gasteiger partial charge in [0.25, 0.3) is 0 Å². The molecule has 0 aromatic heterocycles. The molecule has 0 saturated carbocycles. The van der Waals surface area contributed by atoms with E-state index in [0.717, 1.165) is 30.8 Å². The lowest BCUT2D eigenvalue weighted by Crippen LogP contribution is -2.32. The molecule has 0 aliphatic heterocycles. The average molecular weight is 581 g/mol. The van der Waals surface area contributed by atoms with Crippen molar-refractivity contribution >= 4 is 30.0 Å². The molecule has 2 aromatic carbocycles. The Morgan fingerprint density at radius 2 is 1.60 bits per heavy atom. The van der Waals surface area contributed by atoms with Crippen LogP contribution in [0.4, 0.5) is 4.39 Å². The summed E-state index contributed by atoms with van der Waals surface area (Å²) in [5.74, 6) is 5.04. The molecule has 0 spiro atoms. The highest BCUT2D eigenvalue weighted by molar-refractivity contribution is 6.30. The molecular formula is C30H54ClFN8. The molecule has 1 unspecified atom stereocenters. The number of hydrogen-bond donors (Lipinski definition) is 7. The lowest BCUT2D eigenvalue weighted by Gasteiger charge is -2.17. The van der Waals surface area contributed by atoms with Crippen molar-refractivity contribution in [1.29, 1.82) is 10.8 Å². The maximum absolute atomic E-state index is 12.6. The van der Waals surface area contributed by atoms with Gasteiger partial charge in [-0.1, -0.05) is 76.2 Å². The molecule has 8 nitrogen and oxygen atoms in total. The molecule has 0 amide bonds. The molecule has 3 rings (SSSR count). The fourth-order valence-electron chi connectivity index (χ4n) is 3.29. The molecule has 0 radical (unpaired) electrons. The number of halogens is 2. The average Bonchev–Trinajstić information content (AvgIpc) is 3.36. The molecule has 1 atom stereocenters. The van der Waals surface area contributed by atoms with Gasteiger partial charge < -0.3 is 21.7 Å². The lowest BCUT2D eigenvalue weighted by atomic mass is 10.1. The van der Waals surface area contributed by atoms with Gasteiger partial charge in [0.1, 0.15) is 5.82 Å². The number of hydrogen-bond acceptors (Lipinski definition) is 5. The molecular weight excluding hydrogens is 527 g/mol. The first-order valence-corrected chi connectivity index (χ1v) is 13.5. The molecule has 10 N–H and O–H groups in total. The minimum Gasteiger partial charge on any atom is -0.390 e. The van der Waals surface area contributed by atoms with Crippen LogP contribution in [-0.4, -0.2) is 44.9 Å². The van der Waals surface area contributed by atoms with Gasteiger partial charge >= 0.3 is 0 Å². The van der Waals surface area contributed by atoms with Crippen LogP contribution in [0.1, 0.15) is 49.9 Å². The third-order valence-electron chi connectivity index (χ3n) is 4.79. The van der Waals surface area contributed by atoms with Crippen molar-refractivity contribution in [2.75, 3.05) is 27.7 Å². The maximum Gasteiger partial charge on any atom is 0.188 e. The Balaban J connectivity index is -0.000000249. The predicted molar refractivity (Wildman–Crippen MR) is 176 cm³/mol. The highest BCUT2D eigenvalue weighted by Gasteiger charge is 2.21. The van der Waals surface area contributed by atoms with E-state index in [1.807, 2.05) is 41.8 Å². The van der Waals surface area contributed by atoms with E-state index >= 15 is 0 Å². The fraction of sp³-hybridized carbons (Fsp3) is 0.400. The summed E-state index contributed by atoms with van der Waals surface area (Å²) < 4.78 is 12.6. The number of guanidine groups is 1. The van der Waals surface area contributed by atoms with E-state index in [1.54, 1.807) is 24.1 Å². The Labute approximate surface area is 247 Å². The van der Waals surface area contributed by atoms with Crippen molar-refractivity contribution in [2.45, 2.75) is 47.1 Å². The number of nitrogens with two attached hydrogens (primary N) is 3. The molecule has 0 saturated heterocycles. The van der Waals surface area contributed by atoms with Gasteiger partial charge in [-0.05, 0) is 73.8 Å². The molecule has 1 aliphatic carbocycles. The van der Waals surface area contributed by atoms with E-state index in [4.69, 9.17) is 28.2 Å². The van der Waals surface area contributed by atoms with Gasteiger partial charge in [0, 0.05) is 13.6 Å². The standard InChI is InChI=1S/C14H22N4.C8H6ClF.2C2H6.C2H4.CH6N2.CH4N2/c1-17-8-11-6-12-4-3-10(5-13(12)7-11)9-18(2)14(15)16;1-2-6-3-4-7(9)8(10)5-6;3*1-2;1-3-2;2-1-3/h3-5,11,17H,6-9H2,1-2H3,(H3,15,16);2-5H,1H2;2*1-2H3;1-2H2;3H,2H2,1H3;1H,(H3,2,3). The van der Waals surface area contributed by atoms with E-state index in [1.165, 1.54) is 35.2 Å². The number of nitrogens with one attached hydrogen (secondary N) is 4. The summed E-state index contributed by atoms with van der Waals surface area (Å²) in [6.07, 6.45) is 4.66. The summed E-state index contributed by atoms with van der Waals surface area (Å²) in [5.41, 5.74) is 17.0. The summed E-state index contributed by atoms with van der Waals surface area (Å²) in [6.45, 7) is 19.3. The first kappa shape index (κ1) is 43.8. The summed E-state index contributed by atoms with van der Waals surface area (Å²) in [4.78, 5) is 1.75. The smallest absolute Gasteiger partial charge is 0.188 e. The minimum atomic E-state index is -0.404. The number of fused-ring (bicyclic) bond motifs is 1. The van der Waals surface area contributed by atoms with Gasteiger partial charge in [0.2, 0.25) is 0 Å². The summed E-state index contributed by atoms with van der Waals surface area (Å²) in [5, 5.41) is 16.6. The van der Waals surface area contributed by atoms with Crippen LogP contribution < -0.4 is 28.1 Å². The van der Waals surface area contributed by atoms with Crippen LogP contribution in [0.3, 0.4) is 0 Å². The van der Waals surface area contributed by atoms with Gasteiger partial charge in [-0.15, -0.1) is 13.2 Å². The van der Waals surface area contributed by atoms with Crippen molar-refractivity contribution in [1.82, 2.24) is 15.6 Å². The number of hydrazine groups is 1. The van der Waals surface area contributed by atoms with Crippen LogP contribution in [-0.2, 0) is 19.4 Å². The topological polar surface area (TPSA) is 153 Å². The summed E-state index contributed by atoms with van der Waals surface area (Å²) >= 11 is 5.43. The van der Waals surface area contributed by atoms with Gasteiger partial charge in [-0.2, -0.15) is 0 Å². The van der Waals surface area contributed by atoms with Crippen LogP contribution in [0.5, 0.6) is 0 Å². The van der Waals surface area contributed by atoms with Crippen molar-refractivity contribution in [3.63, 3.8) is 0 Å². The quantitative estimate of drug-likeness (QED) is 0.0808. The van der Waals surface area contributed by atoms with Crippen molar-refractivity contribution < 1.29 is 4.39 Å². The Kier molecular flexibility index (Phi) is 33.2. The molecule has 228 valence electrons. The molecule has 40 heavy (non-hydrogen) atoms. The van der Waals surface area contributed by atoms with Gasteiger partial charge in [0.15, 0.2) is 5.96 Å². The van der Waals surface area contributed by atoms with Gasteiger partial charge in [-0.3, -0.25) is 22.1 Å². The van der Waals surface area contributed by atoms with Crippen LogP contribution in [0.25, 0.3) is 6.08 Å². The van der Waals surface area contributed by atoms with Crippen LogP contribution >= 0.6 is 11.6 Å². The zero-order valence-electron chi connectivity index (χ0n) is 25.6. The Morgan fingerprint density at radius 3 is 2.02 bits per heavy atom. The second-order valence-electron chi connectivity index (χ2n) is 7.51. The second kappa shape index (κ2) is 30.3. The third kappa shape index (κ3) is 20.7.